The fourth-order valence-electron chi connectivity index (χ4n) is 5.02. The molecule has 186 valence electrons. The number of aliphatic imine (C=N–C) groups is 1. The number of hydrogen-bond donors (Lipinski definition) is 1. The van der Waals surface area contributed by atoms with E-state index in [1.807, 2.05) is 36.4 Å². The van der Waals surface area contributed by atoms with Gasteiger partial charge in [0.25, 0.3) is 11.6 Å². The Kier molecular flexibility index (Phi) is 7.13. The first-order valence-electron chi connectivity index (χ1n) is 12.6. The number of para-hydroxylation sites is 1. The maximum Gasteiger partial charge on any atom is 0.270 e. The molecule has 8 heteroatoms. The predicted octanol–water partition coefficient (Wildman–Crippen LogP) is 6.77. The molecule has 1 amide bonds. The number of benzene rings is 2. The van der Waals surface area contributed by atoms with Gasteiger partial charge >= 0.3 is 0 Å². The van der Waals surface area contributed by atoms with Crippen LogP contribution in [0.5, 0.6) is 0 Å². The van der Waals surface area contributed by atoms with Gasteiger partial charge in [0.05, 0.1) is 10.5 Å². The van der Waals surface area contributed by atoms with Crippen LogP contribution in [0.4, 0.5) is 22.1 Å². The number of piperidine rings is 1. The molecule has 0 spiro atoms. The van der Waals surface area contributed by atoms with Gasteiger partial charge in [-0.2, -0.15) is 0 Å². The van der Waals surface area contributed by atoms with Crippen molar-refractivity contribution < 1.29 is 9.72 Å². The zero-order valence-corrected chi connectivity index (χ0v) is 21.2. The number of carbonyl (C=O) groups is 1. The van der Waals surface area contributed by atoms with Gasteiger partial charge in [-0.05, 0) is 68.2 Å². The molecule has 7 nitrogen and oxygen atoms in total. The van der Waals surface area contributed by atoms with Gasteiger partial charge in [0.2, 0.25) is 0 Å². The largest absolute Gasteiger partial charge is 0.371 e. The molecule has 1 saturated heterocycles. The fourth-order valence-corrected chi connectivity index (χ4v) is 6.25. The molecule has 1 fully saturated rings. The van der Waals surface area contributed by atoms with Crippen LogP contribution in [-0.2, 0) is 12.8 Å². The number of nitrogens with zero attached hydrogens (tertiary/aromatic N) is 3. The molecule has 0 bridgehead atoms. The Hall–Kier alpha value is -3.52. The van der Waals surface area contributed by atoms with E-state index in [4.69, 9.17) is 4.99 Å². The number of carbonyl (C=O) groups excluding carboxylic acids is 1. The summed E-state index contributed by atoms with van der Waals surface area (Å²) >= 11 is 1.57. The summed E-state index contributed by atoms with van der Waals surface area (Å²) in [4.78, 5) is 32.8. The summed E-state index contributed by atoms with van der Waals surface area (Å²) in [5, 5.41) is 15.2. The molecule has 2 aliphatic rings. The monoisotopic (exact) mass is 502 g/mol. The first-order chi connectivity index (χ1) is 17.5. The van der Waals surface area contributed by atoms with Crippen LogP contribution in [0.3, 0.4) is 0 Å². The smallest absolute Gasteiger partial charge is 0.270 e. The molecule has 0 saturated carbocycles. The van der Waals surface area contributed by atoms with Crippen LogP contribution in [0.25, 0.3) is 0 Å². The number of fused-ring (bicyclic) bond motifs is 1. The molecule has 36 heavy (non-hydrogen) atoms. The Bertz CT molecular complexity index is 1290. The first kappa shape index (κ1) is 24.2. The van der Waals surface area contributed by atoms with Gasteiger partial charge in [-0.15, -0.1) is 11.3 Å². The lowest BCUT2D eigenvalue weighted by atomic mass is 9.95. The van der Waals surface area contributed by atoms with Gasteiger partial charge in [0, 0.05) is 53.3 Å². The van der Waals surface area contributed by atoms with E-state index in [0.717, 1.165) is 68.6 Å². The lowest BCUT2D eigenvalue weighted by Gasteiger charge is -2.33. The maximum atomic E-state index is 13.4. The van der Waals surface area contributed by atoms with Gasteiger partial charge in [0.1, 0.15) is 5.00 Å². The van der Waals surface area contributed by atoms with E-state index in [1.165, 1.54) is 4.88 Å². The van der Waals surface area contributed by atoms with E-state index >= 15 is 0 Å². The Balaban J connectivity index is 1.51. The van der Waals surface area contributed by atoms with E-state index in [2.05, 4.69) is 17.1 Å². The van der Waals surface area contributed by atoms with E-state index in [0.29, 0.717) is 22.0 Å². The number of rotatable bonds is 6. The Morgan fingerprint density at radius 3 is 2.64 bits per heavy atom. The Labute approximate surface area is 215 Å². The predicted molar refractivity (Wildman–Crippen MR) is 146 cm³/mol. The van der Waals surface area contributed by atoms with E-state index in [9.17, 15) is 14.9 Å². The standard InChI is InChI=1S/C28H30N4O3S/c1-19-13-15-31(16-14-19)24-12-11-22(32(34)35)17-20(24)18-29-28-26(23-9-5-6-10-25(23)36-28)27(33)30-21-7-3-2-4-8-21/h2-4,7-8,11-12,17-19H,5-6,9-10,13-16H2,1H3,(H,30,33). The van der Waals surface area contributed by atoms with Crippen molar-refractivity contribution in [3.8, 4) is 0 Å². The number of thiophene rings is 1. The normalized spacial score (nSPS) is 16.2. The summed E-state index contributed by atoms with van der Waals surface area (Å²) in [6.45, 7) is 4.09. The summed E-state index contributed by atoms with van der Waals surface area (Å²) in [5.74, 6) is 0.525. The second-order valence-corrected chi connectivity index (χ2v) is 10.7. The summed E-state index contributed by atoms with van der Waals surface area (Å²) in [7, 11) is 0. The van der Waals surface area contributed by atoms with Crippen molar-refractivity contribution in [1.82, 2.24) is 0 Å². The maximum absolute atomic E-state index is 13.4. The minimum Gasteiger partial charge on any atom is -0.371 e. The van der Waals surface area contributed by atoms with Crippen LogP contribution in [-0.4, -0.2) is 30.1 Å². The fraction of sp³-hybridized carbons (Fsp3) is 0.357. The van der Waals surface area contributed by atoms with Crippen molar-refractivity contribution in [3.05, 3.63) is 80.2 Å². The van der Waals surface area contributed by atoms with Crippen molar-refractivity contribution in [2.75, 3.05) is 23.3 Å². The van der Waals surface area contributed by atoms with Crippen LogP contribution in [0.1, 0.15) is 59.0 Å². The summed E-state index contributed by atoms with van der Waals surface area (Å²) in [5.41, 5.74) is 4.17. The topological polar surface area (TPSA) is 87.8 Å². The molecular formula is C28H30N4O3S. The lowest BCUT2D eigenvalue weighted by molar-refractivity contribution is -0.384. The number of hydrogen-bond acceptors (Lipinski definition) is 6. The zero-order chi connectivity index (χ0) is 25.1. The number of amides is 1. The van der Waals surface area contributed by atoms with Gasteiger partial charge in [-0.25, -0.2) is 4.99 Å². The molecule has 2 heterocycles. The van der Waals surface area contributed by atoms with Gasteiger partial charge in [-0.1, -0.05) is 25.1 Å². The van der Waals surface area contributed by atoms with Gasteiger partial charge in [0.15, 0.2) is 0 Å². The van der Waals surface area contributed by atoms with Crippen molar-refractivity contribution >= 4 is 45.5 Å². The third-order valence-corrected chi connectivity index (χ3v) is 8.28. The summed E-state index contributed by atoms with van der Waals surface area (Å²) < 4.78 is 0. The molecule has 1 N–H and O–H groups in total. The van der Waals surface area contributed by atoms with Crippen LogP contribution in [0.2, 0.25) is 0 Å². The third-order valence-electron chi connectivity index (χ3n) is 7.08. The lowest BCUT2D eigenvalue weighted by Crippen LogP contribution is -2.33. The van der Waals surface area contributed by atoms with Crippen molar-refractivity contribution in [3.63, 3.8) is 0 Å². The SMILES string of the molecule is CC1CCN(c2ccc([N+](=O)[O-])cc2C=Nc2sc3c(c2C(=O)Nc2ccccc2)CCCC3)CC1. The number of nitrogens with one attached hydrogen (secondary N) is 1. The van der Waals surface area contributed by atoms with Crippen molar-refractivity contribution in [2.45, 2.75) is 45.4 Å². The molecule has 0 radical (unpaired) electrons. The zero-order valence-electron chi connectivity index (χ0n) is 20.4. The highest BCUT2D eigenvalue weighted by molar-refractivity contribution is 7.16. The van der Waals surface area contributed by atoms with Gasteiger partial charge < -0.3 is 10.2 Å². The Morgan fingerprint density at radius 1 is 1.14 bits per heavy atom. The summed E-state index contributed by atoms with van der Waals surface area (Å²) in [6.07, 6.45) is 7.88. The molecule has 5 rings (SSSR count). The third kappa shape index (κ3) is 5.18. The van der Waals surface area contributed by atoms with E-state index in [1.54, 1.807) is 29.7 Å². The molecular weight excluding hydrogens is 472 g/mol. The number of anilines is 2. The second kappa shape index (κ2) is 10.6. The van der Waals surface area contributed by atoms with E-state index in [-0.39, 0.29) is 16.5 Å². The molecule has 0 atom stereocenters. The van der Waals surface area contributed by atoms with E-state index < -0.39 is 0 Å². The highest BCUT2D eigenvalue weighted by Gasteiger charge is 2.26. The van der Waals surface area contributed by atoms with Crippen molar-refractivity contribution in [2.24, 2.45) is 10.9 Å². The molecule has 1 aliphatic heterocycles. The number of nitro benzene ring substituents is 1. The number of nitro groups is 1. The van der Waals surface area contributed by atoms with Crippen LogP contribution in [0.15, 0.2) is 53.5 Å². The molecule has 1 aromatic heterocycles. The van der Waals surface area contributed by atoms with Crippen molar-refractivity contribution in [1.29, 1.82) is 0 Å². The van der Waals surface area contributed by atoms with Crippen LogP contribution < -0.4 is 10.2 Å². The minimum atomic E-state index is -0.373. The second-order valence-electron chi connectivity index (χ2n) is 9.64. The molecule has 1 aliphatic carbocycles. The highest BCUT2D eigenvalue weighted by atomic mass is 32.1. The molecule has 0 unspecified atom stereocenters. The molecule has 3 aromatic rings. The van der Waals surface area contributed by atoms with Gasteiger partial charge in [-0.3, -0.25) is 14.9 Å². The van der Waals surface area contributed by atoms with Crippen LogP contribution in [0, 0.1) is 16.0 Å². The minimum absolute atomic E-state index is 0.0399. The molecule has 2 aromatic carbocycles. The number of non-ortho nitro benzene ring substituents is 1. The average Bonchev–Trinajstić information content (AvgIpc) is 3.27. The Morgan fingerprint density at radius 2 is 1.89 bits per heavy atom. The first-order valence-corrected chi connectivity index (χ1v) is 13.4. The van der Waals surface area contributed by atoms with Crippen LogP contribution >= 0.6 is 11.3 Å². The number of aryl methyl sites for hydroxylation is 1. The quantitative estimate of drug-likeness (QED) is 0.229. The highest BCUT2D eigenvalue weighted by Crippen LogP contribution is 2.40. The average molecular weight is 503 g/mol. The summed E-state index contributed by atoms with van der Waals surface area (Å²) in [6, 6.07) is 14.4.